The van der Waals surface area contributed by atoms with Crippen molar-refractivity contribution in [2.45, 2.75) is 44.8 Å². The first-order chi connectivity index (χ1) is 11.2. The van der Waals surface area contributed by atoms with Gasteiger partial charge in [0.15, 0.2) is 17.9 Å². The molecule has 1 aromatic rings. The molecule has 1 heterocycles. The van der Waals surface area contributed by atoms with Crippen molar-refractivity contribution in [3.8, 4) is 0 Å². The number of halogens is 2. The van der Waals surface area contributed by atoms with Crippen molar-refractivity contribution in [1.82, 2.24) is 0 Å². The Bertz CT molecular complexity index is 542. The van der Waals surface area contributed by atoms with Crippen LogP contribution in [-0.4, -0.2) is 19.5 Å². The molecular formula is C19H24F2O2. The Morgan fingerprint density at radius 1 is 1.00 bits per heavy atom. The normalized spacial score (nSPS) is 32.3. The molecule has 0 bridgehead atoms. The minimum Gasteiger partial charge on any atom is -0.352 e. The summed E-state index contributed by atoms with van der Waals surface area (Å²) in [5.41, 5.74) is 0.904. The fourth-order valence-electron chi connectivity index (χ4n) is 3.68. The summed E-state index contributed by atoms with van der Waals surface area (Å²) in [5.74, 6) is -0.459. The third-order valence-electron chi connectivity index (χ3n) is 4.99. The average Bonchev–Trinajstić information content (AvgIpc) is 2.59. The van der Waals surface area contributed by atoms with E-state index in [0.717, 1.165) is 44.5 Å². The smallest absolute Gasteiger partial charge is 0.160 e. The van der Waals surface area contributed by atoms with E-state index >= 15 is 0 Å². The van der Waals surface area contributed by atoms with E-state index in [1.54, 1.807) is 6.07 Å². The van der Waals surface area contributed by atoms with Crippen LogP contribution in [0.15, 0.2) is 30.4 Å². The molecule has 0 radical (unpaired) electrons. The van der Waals surface area contributed by atoms with Crippen LogP contribution >= 0.6 is 0 Å². The van der Waals surface area contributed by atoms with E-state index in [9.17, 15) is 8.78 Å². The first kappa shape index (κ1) is 16.6. The van der Waals surface area contributed by atoms with Crippen LogP contribution in [0.4, 0.5) is 8.78 Å². The predicted molar refractivity (Wildman–Crippen MR) is 85.1 cm³/mol. The molecule has 0 N–H and O–H groups in total. The summed E-state index contributed by atoms with van der Waals surface area (Å²) >= 11 is 0. The van der Waals surface area contributed by atoms with E-state index in [2.05, 4.69) is 6.08 Å². The van der Waals surface area contributed by atoms with Gasteiger partial charge < -0.3 is 9.47 Å². The van der Waals surface area contributed by atoms with Crippen molar-refractivity contribution in [3.05, 3.63) is 47.5 Å². The highest BCUT2D eigenvalue weighted by molar-refractivity contribution is 5.22. The second-order valence-electron chi connectivity index (χ2n) is 6.61. The third-order valence-corrected chi connectivity index (χ3v) is 4.99. The molecule has 2 nitrogen and oxygen atoms in total. The van der Waals surface area contributed by atoms with Crippen LogP contribution in [0.3, 0.4) is 0 Å². The summed E-state index contributed by atoms with van der Waals surface area (Å²) in [6.07, 6.45) is 7.99. The predicted octanol–water partition coefficient (Wildman–Crippen LogP) is 4.80. The number of hydrogen-bond donors (Lipinski definition) is 0. The molecule has 23 heavy (non-hydrogen) atoms. The number of ether oxygens (including phenoxy) is 2. The maximum Gasteiger partial charge on any atom is 0.160 e. The Labute approximate surface area is 136 Å². The zero-order valence-electron chi connectivity index (χ0n) is 13.5. The van der Waals surface area contributed by atoms with E-state index in [-0.39, 0.29) is 6.29 Å². The summed E-state index contributed by atoms with van der Waals surface area (Å²) < 4.78 is 38.2. The molecule has 4 heteroatoms. The summed E-state index contributed by atoms with van der Waals surface area (Å²) in [6.45, 7) is 3.45. The number of benzene rings is 1. The van der Waals surface area contributed by atoms with Crippen molar-refractivity contribution in [2.24, 2.45) is 11.8 Å². The standard InChI is InChI=1S/C19H24F2O2/c1-2-3-13-11-22-19(23-12-13)15-6-4-14(5-7-15)16-8-9-17(20)18(21)10-16/h2-3,8-10,13-15,19H,4-7,11-12H2,1H3. The zero-order valence-corrected chi connectivity index (χ0v) is 13.5. The molecule has 1 aromatic carbocycles. The Kier molecular flexibility index (Phi) is 5.44. The lowest BCUT2D eigenvalue weighted by atomic mass is 9.78. The number of rotatable bonds is 3. The molecule has 1 aliphatic carbocycles. The van der Waals surface area contributed by atoms with Gasteiger partial charge in [-0.05, 0) is 56.2 Å². The Balaban J connectivity index is 1.51. The average molecular weight is 322 g/mol. The van der Waals surface area contributed by atoms with Gasteiger partial charge in [0.25, 0.3) is 0 Å². The molecule has 1 aliphatic heterocycles. The van der Waals surface area contributed by atoms with Gasteiger partial charge in [0.2, 0.25) is 0 Å². The van der Waals surface area contributed by atoms with Crippen LogP contribution in [0.2, 0.25) is 0 Å². The third kappa shape index (κ3) is 3.99. The number of hydrogen-bond acceptors (Lipinski definition) is 2. The molecule has 0 atom stereocenters. The van der Waals surface area contributed by atoms with E-state index in [1.165, 1.54) is 12.1 Å². The van der Waals surface area contributed by atoms with Gasteiger partial charge in [0.1, 0.15) is 0 Å². The second kappa shape index (κ2) is 7.54. The van der Waals surface area contributed by atoms with Gasteiger partial charge in [0, 0.05) is 11.8 Å². The van der Waals surface area contributed by atoms with Gasteiger partial charge in [-0.1, -0.05) is 18.2 Å². The van der Waals surface area contributed by atoms with Crippen LogP contribution in [0.25, 0.3) is 0 Å². The molecule has 2 fully saturated rings. The molecule has 3 rings (SSSR count). The van der Waals surface area contributed by atoms with Gasteiger partial charge in [-0.2, -0.15) is 0 Å². The highest BCUT2D eigenvalue weighted by Gasteiger charge is 2.32. The summed E-state index contributed by atoms with van der Waals surface area (Å²) in [6, 6.07) is 4.28. The van der Waals surface area contributed by atoms with Gasteiger partial charge in [-0.25, -0.2) is 8.78 Å². The van der Waals surface area contributed by atoms with Gasteiger partial charge in [-0.3, -0.25) is 0 Å². The van der Waals surface area contributed by atoms with E-state index < -0.39 is 11.6 Å². The maximum absolute atomic E-state index is 13.4. The number of allylic oxidation sites excluding steroid dienone is 1. The molecular weight excluding hydrogens is 298 g/mol. The molecule has 0 aromatic heterocycles. The Morgan fingerprint density at radius 2 is 1.70 bits per heavy atom. The van der Waals surface area contributed by atoms with E-state index in [0.29, 0.717) is 17.8 Å². The molecule has 0 spiro atoms. The van der Waals surface area contributed by atoms with Crippen molar-refractivity contribution in [1.29, 1.82) is 0 Å². The van der Waals surface area contributed by atoms with E-state index in [4.69, 9.17) is 9.47 Å². The Morgan fingerprint density at radius 3 is 2.30 bits per heavy atom. The van der Waals surface area contributed by atoms with Gasteiger partial charge in [-0.15, -0.1) is 0 Å². The zero-order chi connectivity index (χ0) is 16.2. The fourth-order valence-corrected chi connectivity index (χ4v) is 3.68. The summed E-state index contributed by atoms with van der Waals surface area (Å²) in [4.78, 5) is 0. The Hall–Kier alpha value is -1.26. The van der Waals surface area contributed by atoms with Crippen molar-refractivity contribution < 1.29 is 18.3 Å². The first-order valence-corrected chi connectivity index (χ1v) is 8.48. The monoisotopic (exact) mass is 322 g/mol. The van der Waals surface area contributed by atoms with Crippen LogP contribution < -0.4 is 0 Å². The van der Waals surface area contributed by atoms with Crippen LogP contribution in [0, 0.1) is 23.5 Å². The van der Waals surface area contributed by atoms with Crippen LogP contribution in [0.5, 0.6) is 0 Å². The minimum atomic E-state index is -0.776. The van der Waals surface area contributed by atoms with Gasteiger partial charge >= 0.3 is 0 Å². The molecule has 2 aliphatic rings. The summed E-state index contributed by atoms with van der Waals surface area (Å²) in [5, 5.41) is 0. The fraction of sp³-hybridized carbons (Fsp3) is 0.579. The largest absolute Gasteiger partial charge is 0.352 e. The quantitative estimate of drug-likeness (QED) is 0.744. The minimum absolute atomic E-state index is 0.109. The molecule has 1 saturated heterocycles. The molecule has 126 valence electrons. The van der Waals surface area contributed by atoms with Crippen molar-refractivity contribution in [2.75, 3.05) is 13.2 Å². The molecule has 0 amide bonds. The van der Waals surface area contributed by atoms with Crippen LogP contribution in [-0.2, 0) is 9.47 Å². The first-order valence-electron chi connectivity index (χ1n) is 8.48. The topological polar surface area (TPSA) is 18.5 Å². The lowest BCUT2D eigenvalue weighted by molar-refractivity contribution is -0.222. The van der Waals surface area contributed by atoms with Crippen molar-refractivity contribution in [3.63, 3.8) is 0 Å². The lowest BCUT2D eigenvalue weighted by Gasteiger charge is -2.37. The van der Waals surface area contributed by atoms with Crippen LogP contribution in [0.1, 0.15) is 44.1 Å². The van der Waals surface area contributed by atoms with Gasteiger partial charge in [0.05, 0.1) is 13.2 Å². The SMILES string of the molecule is CC=CC1COC(C2CCC(c3ccc(F)c(F)c3)CC2)OC1. The highest BCUT2D eigenvalue weighted by atomic mass is 19.2. The lowest BCUT2D eigenvalue weighted by Crippen LogP contribution is -2.37. The highest BCUT2D eigenvalue weighted by Crippen LogP contribution is 2.39. The summed E-state index contributed by atoms with van der Waals surface area (Å²) in [7, 11) is 0. The maximum atomic E-state index is 13.4. The molecule has 1 saturated carbocycles. The van der Waals surface area contributed by atoms with E-state index in [1.807, 2.05) is 13.0 Å². The van der Waals surface area contributed by atoms with Crippen molar-refractivity contribution >= 4 is 0 Å². The molecule has 0 unspecified atom stereocenters. The second-order valence-corrected chi connectivity index (χ2v) is 6.61.